The standard InChI is InChI=1S/C20H26N2O6/c1-20(2,3)28-19(26)21-11-14(23)15-16(21)17(24)22(15)13(18(25)27-4)10-12-8-6-5-7-9-12/h5-9,13-16,23H,10-11H2,1-4H3/t13-,14-,15+,16-/m1/s1. The van der Waals surface area contributed by atoms with Crippen LogP contribution in [0.25, 0.3) is 0 Å². The molecule has 0 saturated carbocycles. The smallest absolute Gasteiger partial charge is 0.411 e. The molecule has 0 bridgehead atoms. The summed E-state index contributed by atoms with van der Waals surface area (Å²) >= 11 is 0. The maximum absolute atomic E-state index is 12.9. The number of carbonyl (C=O) groups excluding carboxylic acids is 3. The van der Waals surface area contributed by atoms with Crippen LogP contribution in [0.5, 0.6) is 0 Å². The van der Waals surface area contributed by atoms with Crippen molar-refractivity contribution < 1.29 is 29.0 Å². The van der Waals surface area contributed by atoms with Crippen molar-refractivity contribution in [2.45, 2.75) is 57.0 Å². The van der Waals surface area contributed by atoms with Gasteiger partial charge in [-0.15, -0.1) is 0 Å². The summed E-state index contributed by atoms with van der Waals surface area (Å²) < 4.78 is 10.2. The van der Waals surface area contributed by atoms with Crippen molar-refractivity contribution in [3.05, 3.63) is 35.9 Å². The third kappa shape index (κ3) is 3.69. The maximum atomic E-state index is 12.9. The van der Waals surface area contributed by atoms with E-state index in [1.165, 1.54) is 16.9 Å². The molecule has 2 saturated heterocycles. The topological polar surface area (TPSA) is 96.4 Å². The molecular weight excluding hydrogens is 364 g/mol. The van der Waals surface area contributed by atoms with E-state index in [1.54, 1.807) is 20.8 Å². The number of carbonyl (C=O) groups is 3. The molecule has 1 N–H and O–H groups in total. The molecule has 8 heteroatoms. The number of ether oxygens (including phenoxy) is 2. The van der Waals surface area contributed by atoms with Gasteiger partial charge in [-0.1, -0.05) is 30.3 Å². The summed E-state index contributed by atoms with van der Waals surface area (Å²) in [5.41, 5.74) is 0.153. The largest absolute Gasteiger partial charge is 0.467 e. The monoisotopic (exact) mass is 390 g/mol. The predicted molar refractivity (Wildman–Crippen MR) is 99.3 cm³/mol. The molecule has 2 aliphatic rings. The van der Waals surface area contributed by atoms with Crippen LogP contribution in [-0.4, -0.2) is 76.4 Å². The van der Waals surface area contributed by atoms with Gasteiger partial charge in [-0.3, -0.25) is 9.69 Å². The molecule has 0 aromatic heterocycles. The fourth-order valence-corrected chi connectivity index (χ4v) is 3.79. The first-order chi connectivity index (χ1) is 13.1. The van der Waals surface area contributed by atoms with Gasteiger partial charge in [0.25, 0.3) is 0 Å². The summed E-state index contributed by atoms with van der Waals surface area (Å²) in [6.45, 7) is 5.18. The van der Waals surface area contributed by atoms with Crippen LogP contribution in [0, 0.1) is 0 Å². The minimum atomic E-state index is -0.960. The first-order valence-corrected chi connectivity index (χ1v) is 9.25. The van der Waals surface area contributed by atoms with Gasteiger partial charge in [0.05, 0.1) is 25.8 Å². The molecule has 4 atom stereocenters. The van der Waals surface area contributed by atoms with Gasteiger partial charge in [-0.25, -0.2) is 9.59 Å². The molecule has 0 aliphatic carbocycles. The van der Waals surface area contributed by atoms with Gasteiger partial charge in [0, 0.05) is 6.42 Å². The molecular formula is C20H26N2O6. The third-order valence-electron chi connectivity index (χ3n) is 4.97. The highest BCUT2D eigenvalue weighted by molar-refractivity contribution is 5.97. The molecule has 1 aromatic rings. The van der Waals surface area contributed by atoms with Crippen LogP contribution < -0.4 is 0 Å². The number of likely N-dealkylation sites (tertiary alicyclic amines) is 2. The van der Waals surface area contributed by atoms with Crippen molar-refractivity contribution >= 4 is 18.0 Å². The predicted octanol–water partition coefficient (Wildman–Crippen LogP) is 0.962. The van der Waals surface area contributed by atoms with Gasteiger partial charge in [-0.05, 0) is 26.3 Å². The van der Waals surface area contributed by atoms with E-state index in [-0.39, 0.29) is 13.0 Å². The summed E-state index contributed by atoms with van der Waals surface area (Å²) in [6, 6.07) is 6.92. The lowest BCUT2D eigenvalue weighted by Crippen LogP contribution is -2.73. The molecule has 0 unspecified atom stereocenters. The zero-order chi connectivity index (χ0) is 20.6. The Balaban J connectivity index is 1.80. The lowest BCUT2D eigenvalue weighted by atomic mass is 9.89. The number of fused-ring (bicyclic) bond motifs is 1. The number of amides is 2. The van der Waals surface area contributed by atoms with Crippen molar-refractivity contribution in [1.29, 1.82) is 0 Å². The van der Waals surface area contributed by atoms with Crippen LogP contribution in [0.3, 0.4) is 0 Å². The zero-order valence-corrected chi connectivity index (χ0v) is 16.5. The van der Waals surface area contributed by atoms with Gasteiger partial charge in [-0.2, -0.15) is 0 Å². The number of aliphatic hydroxyl groups is 1. The lowest BCUT2D eigenvalue weighted by molar-refractivity contribution is -0.171. The van der Waals surface area contributed by atoms with Crippen molar-refractivity contribution in [1.82, 2.24) is 9.80 Å². The first-order valence-electron chi connectivity index (χ1n) is 9.25. The quantitative estimate of drug-likeness (QED) is 0.608. The summed E-state index contributed by atoms with van der Waals surface area (Å²) in [5.74, 6) is -0.947. The number of nitrogens with zero attached hydrogens (tertiary/aromatic N) is 2. The number of hydrogen-bond donors (Lipinski definition) is 1. The normalized spacial score (nSPS) is 25.0. The number of esters is 1. The minimum absolute atomic E-state index is 0.0221. The van der Waals surface area contributed by atoms with Crippen LogP contribution in [0.2, 0.25) is 0 Å². The fourth-order valence-electron chi connectivity index (χ4n) is 3.79. The van der Waals surface area contributed by atoms with E-state index in [2.05, 4.69) is 0 Å². The zero-order valence-electron chi connectivity index (χ0n) is 16.5. The highest BCUT2D eigenvalue weighted by atomic mass is 16.6. The summed E-state index contributed by atoms with van der Waals surface area (Å²) in [5, 5.41) is 10.5. The molecule has 2 heterocycles. The Labute approximate surface area is 164 Å². The van der Waals surface area contributed by atoms with Gasteiger partial charge < -0.3 is 19.5 Å². The van der Waals surface area contributed by atoms with Crippen LogP contribution in [0.4, 0.5) is 4.79 Å². The van der Waals surface area contributed by atoms with Gasteiger partial charge in [0.15, 0.2) is 0 Å². The number of rotatable bonds is 4. The Hall–Kier alpha value is -2.61. The minimum Gasteiger partial charge on any atom is -0.467 e. The van der Waals surface area contributed by atoms with E-state index in [9.17, 15) is 19.5 Å². The molecule has 0 spiro atoms. The Morgan fingerprint density at radius 2 is 1.89 bits per heavy atom. The van der Waals surface area contributed by atoms with E-state index in [0.717, 1.165) is 5.56 Å². The van der Waals surface area contributed by atoms with Crippen molar-refractivity contribution in [3.63, 3.8) is 0 Å². The number of hydrogen-bond acceptors (Lipinski definition) is 6. The van der Waals surface area contributed by atoms with Crippen molar-refractivity contribution in [3.8, 4) is 0 Å². The highest BCUT2D eigenvalue weighted by Crippen LogP contribution is 2.37. The molecule has 1 aromatic carbocycles. The van der Waals surface area contributed by atoms with E-state index < -0.39 is 47.8 Å². The number of aliphatic hydroxyl groups excluding tert-OH is 1. The summed E-state index contributed by atoms with van der Waals surface area (Å²) in [4.78, 5) is 40.3. The SMILES string of the molecule is COC(=O)[C@@H](Cc1ccccc1)N1C(=O)[C@H]2[C@@H]1[C@H](O)CN2C(=O)OC(C)(C)C. The number of methoxy groups -OCH3 is 1. The fraction of sp³-hybridized carbons (Fsp3) is 0.550. The number of benzene rings is 1. The van der Waals surface area contributed by atoms with E-state index in [1.807, 2.05) is 30.3 Å². The van der Waals surface area contributed by atoms with Gasteiger partial charge >= 0.3 is 12.1 Å². The Bertz CT molecular complexity index is 760. The lowest BCUT2D eigenvalue weighted by Gasteiger charge is -2.48. The molecule has 2 fully saturated rings. The summed E-state index contributed by atoms with van der Waals surface area (Å²) in [6.07, 6.45) is -1.34. The molecule has 8 nitrogen and oxygen atoms in total. The second-order valence-electron chi connectivity index (χ2n) is 8.11. The Morgan fingerprint density at radius 1 is 1.25 bits per heavy atom. The molecule has 28 heavy (non-hydrogen) atoms. The highest BCUT2D eigenvalue weighted by Gasteiger charge is 2.63. The van der Waals surface area contributed by atoms with E-state index in [0.29, 0.717) is 0 Å². The van der Waals surface area contributed by atoms with Gasteiger partial charge in [0.1, 0.15) is 17.7 Å². The van der Waals surface area contributed by atoms with Crippen LogP contribution >= 0.6 is 0 Å². The molecule has 2 amide bonds. The molecule has 0 radical (unpaired) electrons. The van der Waals surface area contributed by atoms with Crippen molar-refractivity contribution in [2.75, 3.05) is 13.7 Å². The maximum Gasteiger partial charge on any atom is 0.411 e. The molecule has 152 valence electrons. The van der Waals surface area contributed by atoms with Crippen LogP contribution in [0.1, 0.15) is 26.3 Å². The van der Waals surface area contributed by atoms with Crippen molar-refractivity contribution in [2.24, 2.45) is 0 Å². The van der Waals surface area contributed by atoms with Gasteiger partial charge in [0.2, 0.25) is 5.91 Å². The number of β-lactam (4-membered cyclic amide) rings is 1. The third-order valence-corrected chi connectivity index (χ3v) is 4.97. The summed E-state index contributed by atoms with van der Waals surface area (Å²) in [7, 11) is 1.26. The van der Waals surface area contributed by atoms with Crippen LogP contribution in [0.15, 0.2) is 30.3 Å². The van der Waals surface area contributed by atoms with E-state index in [4.69, 9.17) is 9.47 Å². The second kappa shape index (κ2) is 7.43. The molecule has 3 rings (SSSR count). The Kier molecular flexibility index (Phi) is 5.34. The van der Waals surface area contributed by atoms with Crippen LogP contribution in [-0.2, 0) is 25.5 Å². The average Bonchev–Trinajstić information content (AvgIpc) is 2.93. The average molecular weight is 390 g/mol. The second-order valence-corrected chi connectivity index (χ2v) is 8.11. The van der Waals surface area contributed by atoms with E-state index >= 15 is 0 Å². The Morgan fingerprint density at radius 3 is 2.46 bits per heavy atom. The number of β-amino-alcohol motifs (C(OH)–C–C–N with tert-alkyl or cyclic N) is 1. The molecule has 2 aliphatic heterocycles. The first kappa shape index (κ1) is 20.1.